The quantitative estimate of drug-likeness (QED) is 0.889. The number of hydrogen-bond acceptors (Lipinski definition) is 3. The van der Waals surface area contributed by atoms with Gasteiger partial charge in [-0.1, -0.05) is 26.8 Å². The van der Waals surface area contributed by atoms with Gasteiger partial charge in [-0.25, -0.2) is 0 Å². The molecule has 0 aliphatic carbocycles. The summed E-state index contributed by atoms with van der Waals surface area (Å²) < 4.78 is 0. The van der Waals surface area contributed by atoms with E-state index in [1.54, 1.807) is 0 Å². The monoisotopic (exact) mass is 264 g/mol. The predicted molar refractivity (Wildman–Crippen MR) is 81.7 cm³/mol. The number of nitrogens with two attached hydrogens (primary N) is 1. The molecular weight excluding hydrogens is 240 g/mol. The van der Waals surface area contributed by atoms with Crippen molar-refractivity contribution in [3.8, 4) is 0 Å². The summed E-state index contributed by atoms with van der Waals surface area (Å²) in [7, 11) is 2.19. The van der Waals surface area contributed by atoms with Crippen molar-refractivity contribution in [2.75, 3.05) is 24.2 Å². The second-order valence-electron chi connectivity index (χ2n) is 6.09. The summed E-state index contributed by atoms with van der Waals surface area (Å²) in [6, 6.07) is 7.47. The summed E-state index contributed by atoms with van der Waals surface area (Å²) in [5.74, 6) is 1.15. The van der Waals surface area contributed by atoms with E-state index >= 15 is 0 Å². The lowest BCUT2D eigenvalue weighted by Crippen LogP contribution is -2.38. The van der Waals surface area contributed by atoms with Gasteiger partial charge in [0.25, 0.3) is 0 Å². The lowest BCUT2D eigenvalue weighted by molar-refractivity contribution is 0.586. The summed E-state index contributed by atoms with van der Waals surface area (Å²) >= 11 is 1.97. The van der Waals surface area contributed by atoms with Gasteiger partial charge >= 0.3 is 0 Å². The van der Waals surface area contributed by atoms with Gasteiger partial charge < -0.3 is 10.6 Å². The number of rotatable bonds is 2. The Morgan fingerprint density at radius 3 is 2.72 bits per heavy atom. The zero-order valence-corrected chi connectivity index (χ0v) is 12.7. The van der Waals surface area contributed by atoms with Crippen LogP contribution in [-0.2, 0) is 5.41 Å². The highest BCUT2D eigenvalue weighted by Gasteiger charge is 2.25. The average molecular weight is 264 g/mol. The fourth-order valence-electron chi connectivity index (χ4n) is 2.35. The standard InChI is InChI=1S/C15H24N2S/c1-15(2,3)11-5-6-13-14(9-11)18-10-12(7-8-16)17(13)4/h5-6,9,12H,7-8,10,16H2,1-4H3. The van der Waals surface area contributed by atoms with E-state index in [-0.39, 0.29) is 5.41 Å². The molecule has 0 fully saturated rings. The summed E-state index contributed by atoms with van der Waals surface area (Å²) in [4.78, 5) is 3.81. The van der Waals surface area contributed by atoms with Crippen LogP contribution in [0, 0.1) is 0 Å². The normalized spacial score (nSPS) is 19.8. The molecule has 1 atom stereocenters. The molecule has 0 saturated carbocycles. The van der Waals surface area contributed by atoms with Gasteiger partial charge in [-0.15, -0.1) is 11.8 Å². The van der Waals surface area contributed by atoms with Crippen LogP contribution in [0.1, 0.15) is 32.8 Å². The van der Waals surface area contributed by atoms with E-state index in [1.165, 1.54) is 16.1 Å². The number of anilines is 1. The van der Waals surface area contributed by atoms with Crippen LogP contribution in [0.25, 0.3) is 0 Å². The number of thioether (sulfide) groups is 1. The van der Waals surface area contributed by atoms with Crippen LogP contribution in [0.15, 0.2) is 23.1 Å². The number of nitrogens with zero attached hydrogens (tertiary/aromatic N) is 1. The summed E-state index contributed by atoms with van der Waals surface area (Å²) in [5.41, 5.74) is 8.69. The van der Waals surface area contributed by atoms with Crippen molar-refractivity contribution in [3.63, 3.8) is 0 Å². The molecule has 0 saturated heterocycles. The van der Waals surface area contributed by atoms with Crippen molar-refractivity contribution in [1.82, 2.24) is 0 Å². The van der Waals surface area contributed by atoms with Crippen molar-refractivity contribution in [3.05, 3.63) is 23.8 Å². The third-order valence-electron chi connectivity index (χ3n) is 3.68. The molecule has 2 rings (SSSR count). The highest BCUT2D eigenvalue weighted by Crippen LogP contribution is 2.39. The maximum absolute atomic E-state index is 5.69. The van der Waals surface area contributed by atoms with Gasteiger partial charge in [-0.2, -0.15) is 0 Å². The SMILES string of the molecule is CN1c2ccc(C(C)(C)C)cc2SCC1CCN. The van der Waals surface area contributed by atoms with Crippen molar-refractivity contribution in [1.29, 1.82) is 0 Å². The Labute approximate surface area is 115 Å². The first-order chi connectivity index (χ1) is 8.43. The molecule has 2 N–H and O–H groups in total. The molecule has 0 radical (unpaired) electrons. The Hall–Kier alpha value is -0.670. The van der Waals surface area contributed by atoms with Crippen LogP contribution < -0.4 is 10.6 Å². The molecule has 1 aliphatic heterocycles. The average Bonchev–Trinajstić information content (AvgIpc) is 2.31. The predicted octanol–water partition coefficient (Wildman–Crippen LogP) is 3.24. The Bertz CT molecular complexity index is 423. The number of benzene rings is 1. The highest BCUT2D eigenvalue weighted by atomic mass is 32.2. The zero-order chi connectivity index (χ0) is 13.3. The van der Waals surface area contributed by atoms with E-state index in [9.17, 15) is 0 Å². The van der Waals surface area contributed by atoms with Gasteiger partial charge in [0, 0.05) is 23.7 Å². The third kappa shape index (κ3) is 2.67. The van der Waals surface area contributed by atoms with Crippen LogP contribution in [0.5, 0.6) is 0 Å². The van der Waals surface area contributed by atoms with Gasteiger partial charge in [0.05, 0.1) is 5.69 Å². The molecule has 1 unspecified atom stereocenters. The summed E-state index contributed by atoms with van der Waals surface area (Å²) in [6.45, 7) is 7.57. The van der Waals surface area contributed by atoms with Crippen molar-refractivity contribution in [2.45, 2.75) is 43.5 Å². The van der Waals surface area contributed by atoms with Crippen molar-refractivity contribution < 1.29 is 0 Å². The zero-order valence-electron chi connectivity index (χ0n) is 11.9. The van der Waals surface area contributed by atoms with E-state index in [4.69, 9.17) is 5.73 Å². The van der Waals surface area contributed by atoms with Gasteiger partial charge in [0.2, 0.25) is 0 Å². The molecule has 1 aromatic rings. The minimum Gasteiger partial charge on any atom is -0.370 e. The van der Waals surface area contributed by atoms with Crippen LogP contribution in [0.4, 0.5) is 5.69 Å². The van der Waals surface area contributed by atoms with Crippen molar-refractivity contribution in [2.24, 2.45) is 5.73 Å². The summed E-state index contributed by atoms with van der Waals surface area (Å²) in [6.07, 6.45) is 1.07. The minimum atomic E-state index is 0.224. The number of fused-ring (bicyclic) bond motifs is 1. The number of hydrogen-bond donors (Lipinski definition) is 1. The summed E-state index contributed by atoms with van der Waals surface area (Å²) in [5, 5.41) is 0. The molecule has 0 spiro atoms. The first-order valence-corrected chi connectivity index (χ1v) is 7.62. The van der Waals surface area contributed by atoms with Crippen molar-refractivity contribution >= 4 is 17.4 Å². The molecule has 1 aromatic carbocycles. The maximum atomic E-state index is 5.69. The van der Waals surface area contributed by atoms with Crippen LogP contribution in [0.2, 0.25) is 0 Å². The molecule has 100 valence electrons. The Balaban J connectivity index is 2.29. The fraction of sp³-hybridized carbons (Fsp3) is 0.600. The van der Waals surface area contributed by atoms with E-state index in [2.05, 4.69) is 50.9 Å². The van der Waals surface area contributed by atoms with E-state index in [0.29, 0.717) is 6.04 Å². The largest absolute Gasteiger partial charge is 0.370 e. The topological polar surface area (TPSA) is 29.3 Å². The third-order valence-corrected chi connectivity index (χ3v) is 4.87. The molecular formula is C15H24N2S. The molecule has 1 heterocycles. The fourth-order valence-corrected chi connectivity index (χ4v) is 3.68. The lowest BCUT2D eigenvalue weighted by atomic mass is 9.87. The Kier molecular flexibility index (Phi) is 3.93. The molecule has 18 heavy (non-hydrogen) atoms. The molecule has 0 amide bonds. The lowest BCUT2D eigenvalue weighted by Gasteiger charge is -2.36. The molecule has 3 heteroatoms. The Morgan fingerprint density at radius 2 is 2.11 bits per heavy atom. The Morgan fingerprint density at radius 1 is 1.39 bits per heavy atom. The van der Waals surface area contributed by atoms with Gasteiger partial charge in [-0.05, 0) is 36.1 Å². The molecule has 0 aromatic heterocycles. The van der Waals surface area contributed by atoms with Crippen LogP contribution in [-0.4, -0.2) is 25.4 Å². The van der Waals surface area contributed by atoms with Gasteiger partial charge in [-0.3, -0.25) is 0 Å². The second kappa shape index (κ2) is 5.14. The van der Waals surface area contributed by atoms with Crippen LogP contribution >= 0.6 is 11.8 Å². The maximum Gasteiger partial charge on any atom is 0.0504 e. The van der Waals surface area contributed by atoms with E-state index in [1.807, 2.05) is 11.8 Å². The van der Waals surface area contributed by atoms with E-state index < -0.39 is 0 Å². The highest BCUT2D eigenvalue weighted by molar-refractivity contribution is 7.99. The van der Waals surface area contributed by atoms with E-state index in [0.717, 1.165) is 18.7 Å². The molecule has 0 bridgehead atoms. The van der Waals surface area contributed by atoms with Crippen LogP contribution in [0.3, 0.4) is 0 Å². The van der Waals surface area contributed by atoms with Gasteiger partial charge in [0.15, 0.2) is 0 Å². The minimum absolute atomic E-state index is 0.224. The molecule has 1 aliphatic rings. The smallest absolute Gasteiger partial charge is 0.0504 e. The van der Waals surface area contributed by atoms with Gasteiger partial charge in [0.1, 0.15) is 0 Å². The second-order valence-corrected chi connectivity index (χ2v) is 7.15. The first kappa shape index (κ1) is 13.8. The first-order valence-electron chi connectivity index (χ1n) is 6.63. The molecule has 2 nitrogen and oxygen atoms in total.